The molecule has 1 amide bonds. The average Bonchev–Trinajstić information content (AvgIpc) is 2.78. The number of rotatable bonds is 2. The number of halogens is 1. The molecule has 0 saturated carbocycles. The highest BCUT2D eigenvalue weighted by Crippen LogP contribution is 2.38. The summed E-state index contributed by atoms with van der Waals surface area (Å²) in [6, 6.07) is 9.62. The molecule has 1 atom stereocenters. The van der Waals surface area contributed by atoms with E-state index in [2.05, 4.69) is 11.4 Å². The van der Waals surface area contributed by atoms with Gasteiger partial charge in [-0.15, -0.1) is 12.4 Å². The fourth-order valence-electron chi connectivity index (χ4n) is 3.31. The Hall–Kier alpha value is -1.57. The Labute approximate surface area is 131 Å². The van der Waals surface area contributed by atoms with Crippen molar-refractivity contribution >= 4 is 18.3 Å². The van der Waals surface area contributed by atoms with Gasteiger partial charge in [-0.1, -0.05) is 12.1 Å². The molecule has 0 aliphatic carbocycles. The molecule has 0 bridgehead atoms. The Morgan fingerprint density at radius 2 is 2.05 bits per heavy atom. The summed E-state index contributed by atoms with van der Waals surface area (Å²) in [6.07, 6.45) is 3.08. The number of hydrogen-bond donors (Lipinski definition) is 1. The number of nitrogens with one attached hydrogen (secondary N) is 1. The van der Waals surface area contributed by atoms with E-state index in [0.29, 0.717) is 18.0 Å². The summed E-state index contributed by atoms with van der Waals surface area (Å²) in [4.78, 5) is 14.6. The van der Waals surface area contributed by atoms with Crippen molar-refractivity contribution in [1.29, 1.82) is 5.26 Å². The molecule has 1 N–H and O–H groups in total. The lowest BCUT2D eigenvalue weighted by Gasteiger charge is -2.32. The van der Waals surface area contributed by atoms with Crippen molar-refractivity contribution in [1.82, 2.24) is 10.2 Å². The number of likely N-dealkylation sites (tertiary alicyclic amines) is 1. The van der Waals surface area contributed by atoms with Crippen LogP contribution < -0.4 is 5.32 Å². The van der Waals surface area contributed by atoms with Crippen LogP contribution in [0.2, 0.25) is 0 Å². The van der Waals surface area contributed by atoms with Crippen LogP contribution in [-0.2, 0) is 11.3 Å². The fourth-order valence-corrected chi connectivity index (χ4v) is 3.31. The third kappa shape index (κ3) is 3.04. The van der Waals surface area contributed by atoms with Crippen LogP contribution in [0.15, 0.2) is 24.3 Å². The maximum atomic E-state index is 12.6. The van der Waals surface area contributed by atoms with Gasteiger partial charge in [-0.05, 0) is 43.5 Å². The molecule has 0 aromatic heterocycles. The van der Waals surface area contributed by atoms with Gasteiger partial charge in [-0.3, -0.25) is 4.79 Å². The van der Waals surface area contributed by atoms with Gasteiger partial charge in [0, 0.05) is 19.6 Å². The number of nitriles is 1. The van der Waals surface area contributed by atoms with E-state index in [0.717, 1.165) is 44.5 Å². The fraction of sp³-hybridized carbons (Fsp3) is 0.500. The quantitative estimate of drug-likeness (QED) is 0.910. The van der Waals surface area contributed by atoms with E-state index in [-0.39, 0.29) is 17.8 Å². The standard InChI is InChI=1S/C16H19N3O.ClH/c17-10-13-2-4-14(5-3-13)11-19-9-7-16(15(19)20)6-1-8-18-12-16;/h2-5,18H,1,6-9,11-12H2;1H. The Balaban J connectivity index is 0.00000161. The highest BCUT2D eigenvalue weighted by molar-refractivity contribution is 5.85. The van der Waals surface area contributed by atoms with Crippen LogP contribution in [-0.4, -0.2) is 30.4 Å². The van der Waals surface area contributed by atoms with Crippen LogP contribution in [0.4, 0.5) is 0 Å². The molecule has 4 nitrogen and oxygen atoms in total. The normalized spacial score (nSPS) is 24.7. The van der Waals surface area contributed by atoms with Gasteiger partial charge in [-0.25, -0.2) is 0 Å². The van der Waals surface area contributed by atoms with Crippen molar-refractivity contribution in [3.63, 3.8) is 0 Å². The second-order valence-electron chi connectivity index (χ2n) is 5.85. The number of hydrogen-bond acceptors (Lipinski definition) is 3. The second kappa shape index (κ2) is 6.46. The van der Waals surface area contributed by atoms with Gasteiger partial charge in [0.25, 0.3) is 0 Å². The first-order valence-electron chi connectivity index (χ1n) is 7.23. The smallest absolute Gasteiger partial charge is 0.230 e. The Morgan fingerprint density at radius 3 is 2.67 bits per heavy atom. The highest BCUT2D eigenvalue weighted by atomic mass is 35.5. The minimum atomic E-state index is -0.148. The van der Waals surface area contributed by atoms with E-state index in [9.17, 15) is 4.79 Å². The molecule has 1 aromatic rings. The SMILES string of the molecule is Cl.N#Cc1ccc(CN2CCC3(CCCNC3)C2=O)cc1. The number of nitrogens with zero attached hydrogens (tertiary/aromatic N) is 2. The zero-order chi connectivity index (χ0) is 14.0. The van der Waals surface area contributed by atoms with Crippen molar-refractivity contribution in [3.05, 3.63) is 35.4 Å². The first-order valence-corrected chi connectivity index (χ1v) is 7.23. The first-order chi connectivity index (χ1) is 9.73. The molecule has 2 aliphatic rings. The summed E-state index contributed by atoms with van der Waals surface area (Å²) < 4.78 is 0. The number of piperidine rings is 1. The Kier molecular flexibility index (Phi) is 4.87. The number of carbonyl (C=O) groups is 1. The minimum Gasteiger partial charge on any atom is -0.338 e. The lowest BCUT2D eigenvalue weighted by atomic mass is 9.79. The van der Waals surface area contributed by atoms with E-state index in [1.54, 1.807) is 0 Å². The molecule has 3 rings (SSSR count). The van der Waals surface area contributed by atoms with Crippen LogP contribution in [0.3, 0.4) is 0 Å². The lowest BCUT2D eigenvalue weighted by Crippen LogP contribution is -2.45. The maximum absolute atomic E-state index is 12.6. The van der Waals surface area contributed by atoms with E-state index in [4.69, 9.17) is 5.26 Å². The highest BCUT2D eigenvalue weighted by Gasteiger charge is 2.46. The molecular weight excluding hydrogens is 286 g/mol. The third-order valence-electron chi connectivity index (χ3n) is 4.53. The molecule has 0 radical (unpaired) electrons. The number of amides is 1. The summed E-state index contributed by atoms with van der Waals surface area (Å²) in [5.41, 5.74) is 1.61. The van der Waals surface area contributed by atoms with Gasteiger partial charge in [0.05, 0.1) is 17.0 Å². The topological polar surface area (TPSA) is 56.1 Å². The molecule has 2 aliphatic heterocycles. The van der Waals surface area contributed by atoms with Crippen LogP contribution in [0.1, 0.15) is 30.4 Å². The van der Waals surface area contributed by atoms with Crippen molar-refractivity contribution in [2.75, 3.05) is 19.6 Å². The summed E-state index contributed by atoms with van der Waals surface area (Å²) in [7, 11) is 0. The predicted octanol–water partition coefficient (Wildman–Crippen LogP) is 2.08. The van der Waals surface area contributed by atoms with Gasteiger partial charge in [0.15, 0.2) is 0 Å². The van der Waals surface area contributed by atoms with Crippen molar-refractivity contribution in [2.45, 2.75) is 25.8 Å². The summed E-state index contributed by atoms with van der Waals surface area (Å²) in [6.45, 7) is 3.37. The third-order valence-corrected chi connectivity index (χ3v) is 4.53. The Bertz CT molecular complexity index is 544. The molecular formula is C16H20ClN3O. The average molecular weight is 306 g/mol. The molecule has 1 unspecified atom stereocenters. The van der Waals surface area contributed by atoms with Gasteiger partial charge >= 0.3 is 0 Å². The first kappa shape index (κ1) is 15.8. The maximum Gasteiger partial charge on any atom is 0.230 e. The van der Waals surface area contributed by atoms with Gasteiger partial charge < -0.3 is 10.2 Å². The van der Waals surface area contributed by atoms with E-state index < -0.39 is 0 Å². The van der Waals surface area contributed by atoms with Gasteiger partial charge in [0.2, 0.25) is 5.91 Å². The molecule has 21 heavy (non-hydrogen) atoms. The van der Waals surface area contributed by atoms with E-state index >= 15 is 0 Å². The van der Waals surface area contributed by atoms with Crippen molar-refractivity contribution < 1.29 is 4.79 Å². The molecule has 112 valence electrons. The molecule has 2 fully saturated rings. The van der Waals surface area contributed by atoms with Crippen LogP contribution in [0.25, 0.3) is 0 Å². The second-order valence-corrected chi connectivity index (χ2v) is 5.85. The summed E-state index contributed by atoms with van der Waals surface area (Å²) >= 11 is 0. The monoisotopic (exact) mass is 305 g/mol. The predicted molar refractivity (Wildman–Crippen MR) is 83.0 cm³/mol. The van der Waals surface area contributed by atoms with E-state index in [1.807, 2.05) is 29.2 Å². The van der Waals surface area contributed by atoms with Gasteiger partial charge in [-0.2, -0.15) is 5.26 Å². The number of carbonyl (C=O) groups excluding carboxylic acids is 1. The Morgan fingerprint density at radius 1 is 1.29 bits per heavy atom. The largest absolute Gasteiger partial charge is 0.338 e. The lowest BCUT2D eigenvalue weighted by molar-refractivity contribution is -0.137. The van der Waals surface area contributed by atoms with Crippen molar-refractivity contribution in [2.24, 2.45) is 5.41 Å². The van der Waals surface area contributed by atoms with Crippen LogP contribution in [0.5, 0.6) is 0 Å². The summed E-state index contributed by atoms with van der Waals surface area (Å²) in [5.74, 6) is 0.300. The van der Waals surface area contributed by atoms with Gasteiger partial charge in [0.1, 0.15) is 0 Å². The zero-order valence-corrected chi connectivity index (χ0v) is 12.8. The molecule has 5 heteroatoms. The number of benzene rings is 1. The molecule has 1 spiro atoms. The molecule has 1 aromatic carbocycles. The summed E-state index contributed by atoms with van der Waals surface area (Å²) in [5, 5.41) is 12.2. The molecule has 2 saturated heterocycles. The molecule has 2 heterocycles. The van der Waals surface area contributed by atoms with Crippen molar-refractivity contribution in [3.8, 4) is 6.07 Å². The minimum absolute atomic E-state index is 0. The van der Waals surface area contributed by atoms with E-state index in [1.165, 1.54) is 0 Å². The van der Waals surface area contributed by atoms with Crippen LogP contribution >= 0.6 is 12.4 Å². The zero-order valence-electron chi connectivity index (χ0n) is 12.0. The van der Waals surface area contributed by atoms with Crippen LogP contribution in [0, 0.1) is 16.7 Å².